The van der Waals surface area contributed by atoms with Crippen LogP contribution in [0.25, 0.3) is 0 Å². The van der Waals surface area contributed by atoms with Gasteiger partial charge in [-0.25, -0.2) is 0 Å². The highest BCUT2D eigenvalue weighted by molar-refractivity contribution is 6.88. The Morgan fingerprint density at radius 1 is 1.11 bits per heavy atom. The number of benzene rings is 1. The second-order valence-corrected chi connectivity index (χ2v) is 15.3. The van der Waals surface area contributed by atoms with Crippen LogP contribution < -0.4 is 0 Å². The highest BCUT2D eigenvalue weighted by Crippen LogP contribution is 2.51. The Morgan fingerprint density at radius 3 is 2.30 bits per heavy atom. The lowest BCUT2D eigenvalue weighted by atomic mass is 9.50. The van der Waals surface area contributed by atoms with Gasteiger partial charge in [0, 0.05) is 14.0 Å². The molecule has 1 nitrogen and oxygen atoms in total. The van der Waals surface area contributed by atoms with Crippen LogP contribution in [-0.2, 0) is 4.65 Å². The molecule has 2 bridgehead atoms. The largest absolute Gasteiger partial charge is 0.428 e. The molecule has 2 fully saturated rings. The molecule has 2 heterocycles. The van der Waals surface area contributed by atoms with Gasteiger partial charge < -0.3 is 4.65 Å². The normalized spacial score (nSPS) is 28.0. The third kappa shape index (κ3) is 4.88. The minimum Gasteiger partial charge on any atom is -0.428 e. The zero-order valence-electron chi connectivity index (χ0n) is 17.8. The van der Waals surface area contributed by atoms with Crippen LogP contribution in [0.4, 0.5) is 0 Å². The van der Waals surface area contributed by atoms with Crippen LogP contribution in [0.2, 0.25) is 30.9 Å². The van der Waals surface area contributed by atoms with Gasteiger partial charge in [-0.2, -0.15) is 0 Å². The summed E-state index contributed by atoms with van der Waals surface area (Å²) in [7, 11) is -1.32. The number of hydrogen-bond acceptors (Lipinski definition) is 1. The maximum atomic E-state index is 7.16. The Balaban J connectivity index is 1.97. The molecule has 27 heavy (non-hydrogen) atoms. The number of fused-ring (bicyclic) bond motifs is 3. The fraction of sp³-hybridized carbons (Fsp3) is 0.625. The number of hydrogen-bond donors (Lipinski definition) is 0. The molecule has 1 aromatic carbocycles. The molecule has 3 atom stereocenters. The summed E-state index contributed by atoms with van der Waals surface area (Å²) in [4.78, 5) is 0. The van der Waals surface area contributed by atoms with Crippen molar-refractivity contribution in [1.29, 1.82) is 0 Å². The van der Waals surface area contributed by atoms with Gasteiger partial charge >= 0.3 is 0 Å². The molecule has 2 saturated heterocycles. The Bertz CT molecular complexity index is 636. The standard InChI is InChI=1S/C24H37BOSi/c1-6-12-19(2)23(20-13-8-7-9-14-20)26-25-22-17-10-15-21(16-11-18-22)24(25)27(3,4)5/h7-9,12-14,19,21-24H,1,10-11,15-18H2,2-5H3/t19-,21?,22?,23-,24?/m1/s1. The summed E-state index contributed by atoms with van der Waals surface area (Å²) in [6.45, 7) is 14.2. The number of rotatable bonds is 6. The molecule has 0 N–H and O–H groups in total. The first-order valence-electron chi connectivity index (χ1n) is 11.0. The average molecular weight is 380 g/mol. The van der Waals surface area contributed by atoms with E-state index in [1.54, 1.807) is 0 Å². The van der Waals surface area contributed by atoms with E-state index in [0.29, 0.717) is 6.92 Å². The third-order valence-electron chi connectivity index (χ3n) is 6.92. The minimum atomic E-state index is -1.32. The molecular formula is C24H37BOSi. The molecule has 3 rings (SSSR count). The fourth-order valence-corrected chi connectivity index (χ4v) is 8.89. The van der Waals surface area contributed by atoms with Crippen molar-refractivity contribution in [3.63, 3.8) is 0 Å². The highest BCUT2D eigenvalue weighted by Gasteiger charge is 2.50. The Kier molecular flexibility index (Phi) is 6.89. The zero-order chi connectivity index (χ0) is 19.4. The van der Waals surface area contributed by atoms with Gasteiger partial charge in [-0.3, -0.25) is 0 Å². The second kappa shape index (κ2) is 8.99. The summed E-state index contributed by atoms with van der Waals surface area (Å²) in [6.07, 6.45) is 10.5. The summed E-state index contributed by atoms with van der Waals surface area (Å²) in [5, 5.41) is 0. The first-order chi connectivity index (χ1) is 12.9. The molecule has 0 saturated carbocycles. The van der Waals surface area contributed by atoms with Gasteiger partial charge in [0.1, 0.15) is 0 Å². The van der Waals surface area contributed by atoms with E-state index >= 15 is 0 Å². The van der Waals surface area contributed by atoms with Crippen LogP contribution in [0, 0.1) is 11.8 Å². The summed E-state index contributed by atoms with van der Waals surface area (Å²) >= 11 is 0. The molecule has 1 aromatic rings. The first-order valence-corrected chi connectivity index (χ1v) is 14.6. The van der Waals surface area contributed by atoms with Crippen LogP contribution in [0.5, 0.6) is 0 Å². The van der Waals surface area contributed by atoms with Gasteiger partial charge in [-0.1, -0.05) is 102 Å². The third-order valence-corrected chi connectivity index (χ3v) is 9.72. The van der Waals surface area contributed by atoms with Crippen LogP contribution in [0.3, 0.4) is 0 Å². The van der Waals surface area contributed by atoms with Crippen molar-refractivity contribution in [3.8, 4) is 0 Å². The Labute approximate surface area is 168 Å². The Hall–Kier alpha value is -1.02. The molecular weight excluding hydrogens is 343 g/mol. The van der Waals surface area contributed by atoms with Crippen molar-refractivity contribution in [2.75, 3.05) is 0 Å². The Morgan fingerprint density at radius 2 is 1.74 bits per heavy atom. The highest BCUT2D eigenvalue weighted by atomic mass is 28.3. The van der Waals surface area contributed by atoms with E-state index in [1.807, 2.05) is 0 Å². The second-order valence-electron chi connectivity index (χ2n) is 9.94. The van der Waals surface area contributed by atoms with Gasteiger partial charge in [-0.15, -0.1) is 5.73 Å². The maximum Gasteiger partial charge on any atom is 0.297 e. The smallest absolute Gasteiger partial charge is 0.297 e. The van der Waals surface area contributed by atoms with Crippen molar-refractivity contribution < 1.29 is 4.65 Å². The van der Waals surface area contributed by atoms with Crippen LogP contribution in [0.15, 0.2) is 48.7 Å². The van der Waals surface area contributed by atoms with Gasteiger partial charge in [0.2, 0.25) is 0 Å². The molecule has 0 aromatic heterocycles. The van der Waals surface area contributed by atoms with E-state index in [9.17, 15) is 0 Å². The zero-order valence-corrected chi connectivity index (χ0v) is 18.8. The van der Waals surface area contributed by atoms with Crippen LogP contribution >= 0.6 is 0 Å². The van der Waals surface area contributed by atoms with E-state index in [1.165, 1.54) is 44.1 Å². The van der Waals surface area contributed by atoms with Crippen molar-refractivity contribution in [2.45, 2.75) is 82.5 Å². The fourth-order valence-electron chi connectivity index (χ4n) is 5.81. The molecule has 0 spiro atoms. The van der Waals surface area contributed by atoms with Gasteiger partial charge in [0.25, 0.3) is 6.92 Å². The lowest BCUT2D eigenvalue weighted by Crippen LogP contribution is -2.46. The predicted octanol–water partition coefficient (Wildman–Crippen LogP) is 7.31. The van der Waals surface area contributed by atoms with E-state index < -0.39 is 8.07 Å². The topological polar surface area (TPSA) is 9.23 Å². The molecule has 1 unspecified atom stereocenters. The predicted molar refractivity (Wildman–Crippen MR) is 121 cm³/mol. The molecule has 2 aliphatic rings. The van der Waals surface area contributed by atoms with Crippen molar-refractivity contribution >= 4 is 15.0 Å². The SMILES string of the molecule is C=C=C[C@@H](C)[C@@H](OB1C2CCCC(CCC2)C1[Si](C)(C)C)c1ccccc1. The van der Waals surface area contributed by atoms with E-state index in [-0.39, 0.29) is 12.0 Å². The average Bonchev–Trinajstić information content (AvgIpc) is 2.88. The minimum absolute atomic E-state index is 0.101. The maximum absolute atomic E-state index is 7.16. The monoisotopic (exact) mass is 380 g/mol. The van der Waals surface area contributed by atoms with Gasteiger partial charge in [0.15, 0.2) is 0 Å². The summed E-state index contributed by atoms with van der Waals surface area (Å²) in [6, 6.07) is 10.8. The van der Waals surface area contributed by atoms with E-state index in [0.717, 1.165) is 17.2 Å². The summed E-state index contributed by atoms with van der Waals surface area (Å²) < 4.78 is 7.16. The lowest BCUT2D eigenvalue weighted by Gasteiger charge is -2.40. The van der Waals surface area contributed by atoms with Crippen LogP contribution in [0.1, 0.15) is 57.1 Å². The van der Waals surface area contributed by atoms with Crippen molar-refractivity contribution in [2.24, 2.45) is 11.8 Å². The lowest BCUT2D eigenvalue weighted by molar-refractivity contribution is 0.158. The quantitative estimate of drug-likeness (QED) is 0.371. The molecule has 0 aliphatic carbocycles. The van der Waals surface area contributed by atoms with Gasteiger partial charge in [-0.05, 0) is 28.8 Å². The molecule has 3 heteroatoms. The van der Waals surface area contributed by atoms with Gasteiger partial charge in [0.05, 0.1) is 6.10 Å². The molecule has 0 radical (unpaired) electrons. The van der Waals surface area contributed by atoms with Crippen LogP contribution in [-0.4, -0.2) is 15.0 Å². The molecule has 2 aliphatic heterocycles. The summed E-state index contributed by atoms with van der Waals surface area (Å²) in [5.74, 6) is 1.89. The molecule has 146 valence electrons. The van der Waals surface area contributed by atoms with Crippen molar-refractivity contribution in [1.82, 2.24) is 0 Å². The summed E-state index contributed by atoms with van der Waals surface area (Å²) in [5.41, 5.74) is 5.08. The first kappa shape index (κ1) is 20.7. The van der Waals surface area contributed by atoms with E-state index in [2.05, 4.69) is 75.3 Å². The molecule has 0 amide bonds. The van der Waals surface area contributed by atoms with Crippen molar-refractivity contribution in [3.05, 3.63) is 54.3 Å². The van der Waals surface area contributed by atoms with E-state index in [4.69, 9.17) is 4.65 Å².